The van der Waals surface area contributed by atoms with Crippen LogP contribution in [0.5, 0.6) is 0 Å². The third kappa shape index (κ3) is 4.38. The van der Waals surface area contributed by atoms with Gasteiger partial charge in [0.1, 0.15) is 11.6 Å². The number of carbonyl (C=O) groups excluding carboxylic acids is 1. The first-order valence-corrected chi connectivity index (χ1v) is 8.82. The minimum atomic E-state index is -0.478. The first kappa shape index (κ1) is 18.3. The first-order valence-electron chi connectivity index (χ1n) is 8.82. The lowest BCUT2D eigenvalue weighted by Crippen LogP contribution is -2.46. The number of aryl methyl sites for hydroxylation is 1. The van der Waals surface area contributed by atoms with Crippen LogP contribution in [0.15, 0.2) is 42.6 Å². The molecule has 1 aliphatic rings. The molecule has 0 aliphatic carbocycles. The van der Waals surface area contributed by atoms with Crippen molar-refractivity contribution < 1.29 is 13.9 Å². The Kier molecular flexibility index (Phi) is 5.83. The summed E-state index contributed by atoms with van der Waals surface area (Å²) in [5.41, 5.74) is 1.31. The topological polar surface area (TPSA) is 45.7 Å². The van der Waals surface area contributed by atoms with Gasteiger partial charge in [0.15, 0.2) is 0 Å². The summed E-state index contributed by atoms with van der Waals surface area (Å²) in [6.07, 6.45) is 3.41. The molecular formula is C20H24FN3O2. The number of ether oxygens (including phenoxy) is 1. The van der Waals surface area contributed by atoms with E-state index in [4.69, 9.17) is 4.74 Å². The number of anilines is 1. The highest BCUT2D eigenvalue weighted by molar-refractivity contribution is 5.94. The van der Waals surface area contributed by atoms with E-state index in [-0.39, 0.29) is 17.6 Å². The van der Waals surface area contributed by atoms with Gasteiger partial charge in [-0.05, 0) is 42.7 Å². The monoisotopic (exact) mass is 357 g/mol. The van der Waals surface area contributed by atoms with E-state index in [1.165, 1.54) is 17.7 Å². The quantitative estimate of drug-likeness (QED) is 0.825. The number of morpholine rings is 1. The Labute approximate surface area is 153 Å². The van der Waals surface area contributed by atoms with Crippen molar-refractivity contribution in [2.75, 3.05) is 38.7 Å². The number of benzene rings is 1. The molecule has 138 valence electrons. The summed E-state index contributed by atoms with van der Waals surface area (Å²) >= 11 is 0. The van der Waals surface area contributed by atoms with Crippen molar-refractivity contribution in [2.45, 2.75) is 18.9 Å². The van der Waals surface area contributed by atoms with Gasteiger partial charge in [-0.3, -0.25) is 4.79 Å². The summed E-state index contributed by atoms with van der Waals surface area (Å²) < 4.78 is 19.7. The van der Waals surface area contributed by atoms with Crippen molar-refractivity contribution in [2.24, 2.45) is 0 Å². The molecule has 1 saturated heterocycles. The molecule has 1 aromatic carbocycles. The van der Waals surface area contributed by atoms with Gasteiger partial charge in [-0.2, -0.15) is 0 Å². The van der Waals surface area contributed by atoms with Crippen molar-refractivity contribution in [3.05, 3.63) is 59.5 Å². The van der Waals surface area contributed by atoms with Crippen molar-refractivity contribution in [3.63, 3.8) is 0 Å². The molecule has 1 aromatic heterocycles. The molecule has 1 atom stereocenters. The molecule has 0 unspecified atom stereocenters. The lowest BCUT2D eigenvalue weighted by Gasteiger charge is -2.33. The van der Waals surface area contributed by atoms with Crippen LogP contribution in [0.2, 0.25) is 0 Å². The van der Waals surface area contributed by atoms with Crippen LogP contribution >= 0.6 is 0 Å². The van der Waals surface area contributed by atoms with Crippen LogP contribution in [0, 0.1) is 5.82 Å². The molecule has 0 N–H and O–H groups in total. The second-order valence-electron chi connectivity index (χ2n) is 6.68. The van der Waals surface area contributed by atoms with E-state index in [0.29, 0.717) is 19.7 Å². The molecule has 0 radical (unpaired) electrons. The Morgan fingerprint density at radius 2 is 2.15 bits per heavy atom. The highest BCUT2D eigenvalue weighted by atomic mass is 19.1. The van der Waals surface area contributed by atoms with Crippen LogP contribution in [-0.4, -0.2) is 55.7 Å². The largest absolute Gasteiger partial charge is 0.375 e. The van der Waals surface area contributed by atoms with Crippen LogP contribution < -0.4 is 4.90 Å². The molecule has 5 nitrogen and oxygen atoms in total. The van der Waals surface area contributed by atoms with Crippen LogP contribution in [0.1, 0.15) is 22.3 Å². The fourth-order valence-corrected chi connectivity index (χ4v) is 3.07. The Morgan fingerprint density at radius 1 is 1.35 bits per heavy atom. The molecule has 2 aromatic rings. The van der Waals surface area contributed by atoms with Gasteiger partial charge in [0.05, 0.1) is 18.3 Å². The fraction of sp³-hybridized carbons (Fsp3) is 0.400. The minimum absolute atomic E-state index is 0.0459. The Bertz CT molecular complexity index is 766. The smallest absolute Gasteiger partial charge is 0.256 e. The zero-order valence-electron chi connectivity index (χ0n) is 15.2. The maximum Gasteiger partial charge on any atom is 0.256 e. The van der Waals surface area contributed by atoms with Crippen molar-refractivity contribution in [3.8, 4) is 0 Å². The van der Waals surface area contributed by atoms with Crippen LogP contribution in [0.4, 0.5) is 10.2 Å². The standard InChI is InChI=1S/C20H24FN3O2/c1-23(2)19-13-15(9-10-22-19)7-8-16-14-24(11-12-26-16)20(25)17-5-3-4-6-18(17)21/h3-6,9-10,13,16H,7-8,11-12,14H2,1-2H3/t16-/m0/s1. The molecule has 1 amide bonds. The lowest BCUT2D eigenvalue weighted by atomic mass is 10.1. The maximum atomic E-state index is 13.9. The number of pyridine rings is 1. The molecule has 0 saturated carbocycles. The molecule has 1 aliphatic heterocycles. The van der Waals surface area contributed by atoms with E-state index in [0.717, 1.165) is 18.7 Å². The number of hydrogen-bond donors (Lipinski definition) is 0. The Hall–Kier alpha value is -2.47. The number of carbonyl (C=O) groups is 1. The minimum Gasteiger partial charge on any atom is -0.375 e. The molecule has 26 heavy (non-hydrogen) atoms. The maximum absolute atomic E-state index is 13.9. The lowest BCUT2D eigenvalue weighted by molar-refractivity contribution is -0.0247. The number of nitrogens with zero attached hydrogens (tertiary/aromatic N) is 3. The molecule has 3 rings (SSSR count). The summed E-state index contributed by atoms with van der Waals surface area (Å²) in [6, 6.07) is 10.2. The number of hydrogen-bond acceptors (Lipinski definition) is 4. The second kappa shape index (κ2) is 8.27. The van der Waals surface area contributed by atoms with Crippen molar-refractivity contribution >= 4 is 11.7 Å². The van der Waals surface area contributed by atoms with Gasteiger partial charge in [0.2, 0.25) is 0 Å². The van der Waals surface area contributed by atoms with E-state index < -0.39 is 5.82 Å². The predicted octanol–water partition coefficient (Wildman–Crippen LogP) is 2.76. The van der Waals surface area contributed by atoms with E-state index >= 15 is 0 Å². The third-order valence-corrected chi connectivity index (χ3v) is 4.55. The molecule has 6 heteroatoms. The van der Waals surface area contributed by atoms with Crippen molar-refractivity contribution in [1.82, 2.24) is 9.88 Å². The van der Waals surface area contributed by atoms with Gasteiger partial charge in [0.25, 0.3) is 5.91 Å². The van der Waals surface area contributed by atoms with Crippen LogP contribution in [-0.2, 0) is 11.2 Å². The summed E-state index contributed by atoms with van der Waals surface area (Å²) in [6.45, 7) is 1.45. The van der Waals surface area contributed by atoms with Gasteiger partial charge >= 0.3 is 0 Å². The van der Waals surface area contributed by atoms with E-state index in [9.17, 15) is 9.18 Å². The van der Waals surface area contributed by atoms with Crippen LogP contribution in [0.3, 0.4) is 0 Å². The fourth-order valence-electron chi connectivity index (χ4n) is 3.07. The van der Waals surface area contributed by atoms with E-state index in [2.05, 4.69) is 11.1 Å². The summed E-state index contributed by atoms with van der Waals surface area (Å²) in [5.74, 6) is 0.173. The van der Waals surface area contributed by atoms with Crippen molar-refractivity contribution in [1.29, 1.82) is 0 Å². The Morgan fingerprint density at radius 3 is 2.92 bits per heavy atom. The van der Waals surface area contributed by atoms with E-state index in [1.807, 2.05) is 25.1 Å². The zero-order chi connectivity index (χ0) is 18.5. The number of halogens is 1. The highest BCUT2D eigenvalue weighted by Gasteiger charge is 2.26. The molecule has 2 heterocycles. The highest BCUT2D eigenvalue weighted by Crippen LogP contribution is 2.18. The van der Waals surface area contributed by atoms with Crippen LogP contribution in [0.25, 0.3) is 0 Å². The third-order valence-electron chi connectivity index (χ3n) is 4.55. The Balaban J connectivity index is 1.59. The van der Waals surface area contributed by atoms with Gasteiger partial charge in [-0.25, -0.2) is 9.37 Å². The van der Waals surface area contributed by atoms with Gasteiger partial charge < -0.3 is 14.5 Å². The van der Waals surface area contributed by atoms with Gasteiger partial charge in [-0.1, -0.05) is 12.1 Å². The van der Waals surface area contributed by atoms with Gasteiger partial charge in [-0.15, -0.1) is 0 Å². The predicted molar refractivity (Wildman–Crippen MR) is 98.9 cm³/mol. The SMILES string of the molecule is CN(C)c1cc(CC[C@H]2CN(C(=O)c3ccccc3F)CCO2)ccn1. The zero-order valence-corrected chi connectivity index (χ0v) is 15.2. The molecular weight excluding hydrogens is 333 g/mol. The number of rotatable bonds is 5. The summed E-state index contributed by atoms with van der Waals surface area (Å²) in [4.78, 5) is 20.5. The van der Waals surface area contributed by atoms with Gasteiger partial charge in [0, 0.05) is 33.4 Å². The summed E-state index contributed by atoms with van der Waals surface area (Å²) in [5, 5.41) is 0. The number of aromatic nitrogens is 1. The second-order valence-corrected chi connectivity index (χ2v) is 6.68. The molecule has 1 fully saturated rings. The number of amides is 1. The normalized spacial score (nSPS) is 17.2. The molecule has 0 bridgehead atoms. The average molecular weight is 357 g/mol. The summed E-state index contributed by atoms with van der Waals surface area (Å²) in [7, 11) is 3.92. The first-order chi connectivity index (χ1) is 12.5. The van der Waals surface area contributed by atoms with E-state index in [1.54, 1.807) is 23.2 Å². The molecule has 0 spiro atoms. The average Bonchev–Trinajstić information content (AvgIpc) is 2.67.